The fraction of sp³-hybridized carbons (Fsp3) is 0.667. The first-order valence-corrected chi connectivity index (χ1v) is 6.33. The Hall–Kier alpha value is -1.36. The normalized spacial score (nSPS) is 23.9. The van der Waals surface area contributed by atoms with Gasteiger partial charge in [0.25, 0.3) is 0 Å². The lowest BCUT2D eigenvalue weighted by atomic mass is 10.0. The average Bonchev–Trinajstić information content (AvgIpc) is 2.74. The van der Waals surface area contributed by atoms with Gasteiger partial charge in [-0.05, 0) is 32.1 Å². The second kappa shape index (κ2) is 4.49. The number of hydrogen-bond acceptors (Lipinski definition) is 4. The van der Waals surface area contributed by atoms with Gasteiger partial charge in [-0.2, -0.15) is 4.98 Å². The van der Waals surface area contributed by atoms with E-state index in [0.29, 0.717) is 0 Å². The smallest absolute Gasteiger partial charge is 0.347 e. The standard InChI is InChI=1S/C12H17N3O2/c16-12-14-10(9-5-3-7-17-9)8-4-1-2-6-13-11(8)15-12/h9H,1-7H2,(H2,13,14,15,16). The van der Waals surface area contributed by atoms with Crippen molar-refractivity contribution in [2.45, 2.75) is 38.2 Å². The monoisotopic (exact) mass is 235 g/mol. The number of nitrogens with zero attached hydrogens (tertiary/aromatic N) is 1. The van der Waals surface area contributed by atoms with Crippen molar-refractivity contribution in [1.82, 2.24) is 9.97 Å². The molecule has 5 heteroatoms. The summed E-state index contributed by atoms with van der Waals surface area (Å²) in [5, 5.41) is 3.24. The van der Waals surface area contributed by atoms with Crippen LogP contribution < -0.4 is 11.0 Å². The van der Waals surface area contributed by atoms with E-state index in [0.717, 1.165) is 62.3 Å². The Balaban J connectivity index is 2.06. The number of aromatic nitrogens is 2. The van der Waals surface area contributed by atoms with Crippen molar-refractivity contribution in [2.24, 2.45) is 0 Å². The van der Waals surface area contributed by atoms with Crippen LogP contribution in [0.25, 0.3) is 0 Å². The van der Waals surface area contributed by atoms with Gasteiger partial charge in [0, 0.05) is 18.7 Å². The summed E-state index contributed by atoms with van der Waals surface area (Å²) in [6, 6.07) is 0. The lowest BCUT2D eigenvalue weighted by Gasteiger charge is -2.15. The predicted octanol–water partition coefficient (Wildman–Crippen LogP) is 1.37. The van der Waals surface area contributed by atoms with Crippen LogP contribution in [0.15, 0.2) is 4.79 Å². The first kappa shape index (κ1) is 10.8. The zero-order chi connectivity index (χ0) is 11.7. The number of aromatic amines is 1. The van der Waals surface area contributed by atoms with E-state index in [1.807, 2.05) is 0 Å². The third-order valence-electron chi connectivity index (χ3n) is 3.46. The maximum atomic E-state index is 11.6. The molecule has 1 fully saturated rings. The summed E-state index contributed by atoms with van der Waals surface area (Å²) in [4.78, 5) is 18.5. The summed E-state index contributed by atoms with van der Waals surface area (Å²) >= 11 is 0. The van der Waals surface area contributed by atoms with Crippen molar-refractivity contribution in [3.05, 3.63) is 21.7 Å². The molecule has 0 aromatic carbocycles. The van der Waals surface area contributed by atoms with Crippen LogP contribution >= 0.6 is 0 Å². The highest BCUT2D eigenvalue weighted by molar-refractivity contribution is 5.47. The van der Waals surface area contributed by atoms with Crippen molar-refractivity contribution in [1.29, 1.82) is 0 Å². The zero-order valence-electron chi connectivity index (χ0n) is 9.79. The molecule has 5 nitrogen and oxygen atoms in total. The third-order valence-corrected chi connectivity index (χ3v) is 3.46. The molecule has 92 valence electrons. The minimum absolute atomic E-state index is 0.0550. The minimum Gasteiger partial charge on any atom is -0.372 e. The Morgan fingerprint density at radius 2 is 2.24 bits per heavy atom. The lowest BCUT2D eigenvalue weighted by molar-refractivity contribution is 0.107. The molecule has 1 aromatic heterocycles. The zero-order valence-corrected chi connectivity index (χ0v) is 9.79. The fourth-order valence-corrected chi connectivity index (χ4v) is 2.63. The maximum Gasteiger partial charge on any atom is 0.347 e. The summed E-state index contributed by atoms with van der Waals surface area (Å²) in [7, 11) is 0. The van der Waals surface area contributed by atoms with Crippen LogP contribution in [0.4, 0.5) is 5.82 Å². The first-order valence-electron chi connectivity index (χ1n) is 6.33. The molecule has 17 heavy (non-hydrogen) atoms. The average molecular weight is 235 g/mol. The quantitative estimate of drug-likeness (QED) is 0.771. The molecule has 2 aliphatic rings. The van der Waals surface area contributed by atoms with Gasteiger partial charge in [0.05, 0.1) is 11.8 Å². The predicted molar refractivity (Wildman–Crippen MR) is 64.2 cm³/mol. The number of rotatable bonds is 1. The van der Waals surface area contributed by atoms with Crippen molar-refractivity contribution >= 4 is 5.82 Å². The van der Waals surface area contributed by atoms with E-state index in [1.165, 1.54) is 0 Å². The second-order valence-corrected chi connectivity index (χ2v) is 4.67. The van der Waals surface area contributed by atoms with E-state index in [-0.39, 0.29) is 11.8 Å². The third kappa shape index (κ3) is 2.07. The van der Waals surface area contributed by atoms with Crippen LogP contribution in [-0.4, -0.2) is 23.1 Å². The summed E-state index contributed by atoms with van der Waals surface area (Å²) in [6.45, 7) is 1.69. The SMILES string of the molecule is O=c1nc2c(c(C3CCCO3)[nH]1)CCCCN2. The van der Waals surface area contributed by atoms with Crippen molar-refractivity contribution in [2.75, 3.05) is 18.5 Å². The maximum absolute atomic E-state index is 11.6. The molecule has 0 saturated carbocycles. The highest BCUT2D eigenvalue weighted by Crippen LogP contribution is 2.32. The molecule has 1 unspecified atom stereocenters. The van der Waals surface area contributed by atoms with Gasteiger partial charge in [0.15, 0.2) is 0 Å². The number of nitrogens with one attached hydrogen (secondary N) is 2. The molecule has 3 rings (SSSR count). The van der Waals surface area contributed by atoms with Gasteiger partial charge in [0.1, 0.15) is 5.82 Å². The van der Waals surface area contributed by atoms with Gasteiger partial charge in [-0.1, -0.05) is 0 Å². The van der Waals surface area contributed by atoms with Gasteiger partial charge in [-0.3, -0.25) is 0 Å². The van der Waals surface area contributed by atoms with Crippen LogP contribution in [0, 0.1) is 0 Å². The molecule has 1 saturated heterocycles. The highest BCUT2D eigenvalue weighted by Gasteiger charge is 2.24. The summed E-state index contributed by atoms with van der Waals surface area (Å²) in [5.74, 6) is 0.761. The lowest BCUT2D eigenvalue weighted by Crippen LogP contribution is -2.20. The van der Waals surface area contributed by atoms with Gasteiger partial charge >= 0.3 is 5.69 Å². The second-order valence-electron chi connectivity index (χ2n) is 4.67. The molecule has 1 aromatic rings. The van der Waals surface area contributed by atoms with E-state index in [4.69, 9.17) is 4.74 Å². The Kier molecular flexibility index (Phi) is 2.84. The molecule has 0 bridgehead atoms. The van der Waals surface area contributed by atoms with Crippen LogP contribution in [0.5, 0.6) is 0 Å². The highest BCUT2D eigenvalue weighted by atomic mass is 16.5. The van der Waals surface area contributed by atoms with Crippen molar-refractivity contribution in [3.8, 4) is 0 Å². The molecule has 3 heterocycles. The van der Waals surface area contributed by atoms with Gasteiger partial charge in [0.2, 0.25) is 0 Å². The van der Waals surface area contributed by atoms with E-state index < -0.39 is 0 Å². The van der Waals surface area contributed by atoms with E-state index >= 15 is 0 Å². The molecule has 2 N–H and O–H groups in total. The van der Waals surface area contributed by atoms with E-state index in [1.54, 1.807) is 0 Å². The molecule has 0 amide bonds. The largest absolute Gasteiger partial charge is 0.372 e. The number of H-pyrrole nitrogens is 1. The Labute approximate surface area is 99.6 Å². The van der Waals surface area contributed by atoms with E-state index in [2.05, 4.69) is 15.3 Å². The minimum atomic E-state index is -0.274. The van der Waals surface area contributed by atoms with Crippen LogP contribution in [0.3, 0.4) is 0 Å². The first-order chi connectivity index (χ1) is 8.34. The van der Waals surface area contributed by atoms with Crippen LogP contribution in [-0.2, 0) is 11.2 Å². The Bertz CT molecular complexity index is 463. The Morgan fingerprint density at radius 1 is 1.29 bits per heavy atom. The topological polar surface area (TPSA) is 67.0 Å². The van der Waals surface area contributed by atoms with E-state index in [9.17, 15) is 4.79 Å². The van der Waals surface area contributed by atoms with Crippen LogP contribution in [0.1, 0.15) is 43.0 Å². The molecular weight excluding hydrogens is 218 g/mol. The molecule has 1 atom stereocenters. The number of hydrogen-bond donors (Lipinski definition) is 2. The Morgan fingerprint density at radius 3 is 3.06 bits per heavy atom. The summed E-state index contributed by atoms with van der Waals surface area (Å²) in [5.41, 5.74) is 1.82. The molecular formula is C12H17N3O2. The van der Waals surface area contributed by atoms with Gasteiger partial charge < -0.3 is 15.0 Å². The fourth-order valence-electron chi connectivity index (χ4n) is 2.63. The van der Waals surface area contributed by atoms with Crippen molar-refractivity contribution < 1.29 is 4.74 Å². The molecule has 0 radical (unpaired) electrons. The van der Waals surface area contributed by atoms with Crippen LogP contribution in [0.2, 0.25) is 0 Å². The number of ether oxygens (including phenoxy) is 1. The summed E-state index contributed by atoms with van der Waals surface area (Å²) in [6.07, 6.45) is 5.34. The number of anilines is 1. The summed E-state index contributed by atoms with van der Waals surface area (Å²) < 4.78 is 5.68. The molecule has 0 spiro atoms. The van der Waals surface area contributed by atoms with Gasteiger partial charge in [-0.25, -0.2) is 4.79 Å². The number of fused-ring (bicyclic) bond motifs is 1. The molecule has 2 aliphatic heterocycles. The van der Waals surface area contributed by atoms with Gasteiger partial charge in [-0.15, -0.1) is 0 Å². The molecule has 0 aliphatic carbocycles. The van der Waals surface area contributed by atoms with Crippen molar-refractivity contribution in [3.63, 3.8) is 0 Å².